The summed E-state index contributed by atoms with van der Waals surface area (Å²) < 4.78 is 19.0. The van der Waals surface area contributed by atoms with Gasteiger partial charge in [0.1, 0.15) is 42.8 Å². The third kappa shape index (κ3) is 11.3. The number of nitrogens with zero attached hydrogens (tertiary/aromatic N) is 1. The van der Waals surface area contributed by atoms with Gasteiger partial charge in [-0.05, 0) is 77.7 Å². The van der Waals surface area contributed by atoms with Crippen molar-refractivity contribution in [3.63, 3.8) is 0 Å². The maximum absolute atomic E-state index is 12.7. The van der Waals surface area contributed by atoms with Gasteiger partial charge in [-0.2, -0.15) is 5.48 Å². The molecule has 0 bridgehead atoms. The van der Waals surface area contributed by atoms with Crippen molar-refractivity contribution in [3.05, 3.63) is 233 Å². The number of rotatable bonds is 16. The standard InChI is InChI=1S/C50H45N3O8/c1-35(54)46(50(56)52-57)51-49(55)42-28-24-36(25-29-42)22-23-37-26-30-44(31-27-37)58-33-43-34-59-45(60-47(38-14-6-2-7-15-38)39-16-8-3-9-17-39)32-53(43)61-48(40-18-10-4-11-19-40)41-20-12-5-13-21-41/h2-21,24-32,34-35,46-48,50,52,54,56-57H,33H2,1H3,(H,51,55)/t35-,46+,50?/m1/s1. The number of carbonyl (C=O) groups is 1. The van der Waals surface area contributed by atoms with E-state index in [1.54, 1.807) is 47.3 Å². The molecule has 1 heterocycles. The second kappa shape index (κ2) is 20.7. The number of ether oxygens (including phenoxy) is 3. The third-order valence-corrected chi connectivity index (χ3v) is 9.71. The van der Waals surface area contributed by atoms with E-state index in [-0.39, 0.29) is 12.6 Å². The van der Waals surface area contributed by atoms with Gasteiger partial charge in [0, 0.05) is 16.7 Å². The number of amides is 1. The van der Waals surface area contributed by atoms with Crippen LogP contribution >= 0.6 is 0 Å². The van der Waals surface area contributed by atoms with Gasteiger partial charge in [-0.15, -0.1) is 0 Å². The molecule has 1 unspecified atom stereocenters. The average molecular weight is 816 g/mol. The Hall–Kier alpha value is -7.17. The minimum atomic E-state index is -1.55. The van der Waals surface area contributed by atoms with Crippen molar-refractivity contribution in [2.45, 2.75) is 37.5 Å². The number of hydrogen-bond donors (Lipinski definition) is 5. The van der Waals surface area contributed by atoms with E-state index in [0.717, 1.165) is 27.8 Å². The molecule has 0 radical (unpaired) electrons. The molecule has 0 aliphatic carbocycles. The van der Waals surface area contributed by atoms with Crippen molar-refractivity contribution in [1.82, 2.24) is 15.9 Å². The SMILES string of the molecule is C[C@@H](O)[C@H](NC(=O)c1ccc(C#Cc2ccc(OCC3=COC(OC(c4ccccc4)c4ccccc4)=CN3OC(c3ccccc3)c3ccccc3)cc2)cc1)C(O)NO. The predicted octanol–water partition coefficient (Wildman–Crippen LogP) is 7.74. The lowest BCUT2D eigenvalue weighted by Crippen LogP contribution is -2.54. The number of benzene rings is 6. The molecule has 1 aliphatic heterocycles. The van der Waals surface area contributed by atoms with Crippen LogP contribution in [0.4, 0.5) is 0 Å². The zero-order valence-corrected chi connectivity index (χ0v) is 33.2. The van der Waals surface area contributed by atoms with Crippen LogP contribution < -0.4 is 15.5 Å². The van der Waals surface area contributed by atoms with Crippen LogP contribution in [0.15, 0.2) is 194 Å². The number of aliphatic hydroxyl groups is 2. The van der Waals surface area contributed by atoms with E-state index in [1.807, 2.05) is 146 Å². The van der Waals surface area contributed by atoms with Crippen molar-refractivity contribution >= 4 is 5.91 Å². The Labute approximate surface area is 354 Å². The molecule has 6 aromatic carbocycles. The molecule has 1 amide bonds. The molecule has 5 N–H and O–H groups in total. The maximum Gasteiger partial charge on any atom is 0.304 e. The highest BCUT2D eigenvalue weighted by molar-refractivity contribution is 5.94. The highest BCUT2D eigenvalue weighted by Gasteiger charge is 2.28. The van der Waals surface area contributed by atoms with Gasteiger partial charge < -0.3 is 34.9 Å². The van der Waals surface area contributed by atoms with E-state index in [1.165, 1.54) is 6.92 Å². The fraction of sp³-hybridized carbons (Fsp3) is 0.140. The van der Waals surface area contributed by atoms with Gasteiger partial charge in [-0.25, -0.2) is 5.06 Å². The van der Waals surface area contributed by atoms with Crippen LogP contribution in [-0.2, 0) is 14.3 Å². The van der Waals surface area contributed by atoms with Crippen molar-refractivity contribution in [1.29, 1.82) is 0 Å². The van der Waals surface area contributed by atoms with Crippen LogP contribution in [0.3, 0.4) is 0 Å². The smallest absolute Gasteiger partial charge is 0.304 e. The predicted molar refractivity (Wildman–Crippen MR) is 229 cm³/mol. The van der Waals surface area contributed by atoms with Gasteiger partial charge in [-0.3, -0.25) is 9.63 Å². The number of carbonyl (C=O) groups excluding carboxylic acids is 1. The topological polar surface area (TPSA) is 142 Å². The quantitative estimate of drug-likeness (QED) is 0.0374. The summed E-state index contributed by atoms with van der Waals surface area (Å²) in [6.07, 6.45) is -0.322. The molecular formula is C50H45N3O8. The summed E-state index contributed by atoms with van der Waals surface area (Å²) in [7, 11) is 0. The lowest BCUT2D eigenvalue weighted by Gasteiger charge is -2.32. The second-order valence-electron chi connectivity index (χ2n) is 14.1. The number of hydroxylamine groups is 3. The Bertz CT molecular complexity index is 2360. The summed E-state index contributed by atoms with van der Waals surface area (Å²) in [4.78, 5) is 19.5. The molecule has 61 heavy (non-hydrogen) atoms. The van der Waals surface area contributed by atoms with E-state index in [2.05, 4.69) is 17.2 Å². The van der Waals surface area contributed by atoms with Crippen LogP contribution in [0.1, 0.15) is 62.9 Å². The molecule has 308 valence electrons. The summed E-state index contributed by atoms with van der Waals surface area (Å²) in [6, 6.07) is 52.7. The zero-order chi connectivity index (χ0) is 42.4. The molecule has 11 nitrogen and oxygen atoms in total. The minimum absolute atomic E-state index is 0.0965. The number of aliphatic hydroxyl groups excluding tert-OH is 2. The van der Waals surface area contributed by atoms with Crippen LogP contribution in [0.2, 0.25) is 0 Å². The molecule has 0 spiro atoms. The first-order chi connectivity index (χ1) is 29.8. The first kappa shape index (κ1) is 42.0. The van der Waals surface area contributed by atoms with E-state index in [4.69, 9.17) is 24.3 Å². The van der Waals surface area contributed by atoms with E-state index < -0.39 is 36.5 Å². The Kier molecular flexibility index (Phi) is 14.2. The molecule has 0 aromatic heterocycles. The summed E-state index contributed by atoms with van der Waals surface area (Å²) in [5, 5.41) is 32.9. The van der Waals surface area contributed by atoms with Crippen LogP contribution in [0, 0.1) is 11.8 Å². The molecule has 1 aliphatic rings. The summed E-state index contributed by atoms with van der Waals surface area (Å²) in [6.45, 7) is 1.49. The van der Waals surface area contributed by atoms with Gasteiger partial charge in [0.2, 0.25) is 0 Å². The van der Waals surface area contributed by atoms with Crippen LogP contribution in [-0.4, -0.2) is 51.4 Å². The average Bonchev–Trinajstić information content (AvgIpc) is 3.32. The van der Waals surface area contributed by atoms with E-state index in [9.17, 15) is 15.0 Å². The summed E-state index contributed by atoms with van der Waals surface area (Å²) >= 11 is 0. The van der Waals surface area contributed by atoms with Crippen LogP contribution in [0.25, 0.3) is 0 Å². The molecule has 0 saturated heterocycles. The normalized spacial score (nSPS) is 13.8. The second-order valence-corrected chi connectivity index (χ2v) is 14.1. The molecule has 11 heteroatoms. The molecular weight excluding hydrogens is 771 g/mol. The molecule has 0 saturated carbocycles. The van der Waals surface area contributed by atoms with Gasteiger partial charge >= 0.3 is 5.95 Å². The Morgan fingerprint density at radius 1 is 0.672 bits per heavy atom. The van der Waals surface area contributed by atoms with Crippen molar-refractivity contribution in [2.24, 2.45) is 0 Å². The van der Waals surface area contributed by atoms with Gasteiger partial charge in [0.05, 0.1) is 12.1 Å². The summed E-state index contributed by atoms with van der Waals surface area (Å²) in [5.41, 5.74) is 7.78. The monoisotopic (exact) mass is 815 g/mol. The number of nitrogens with one attached hydrogen (secondary N) is 2. The highest BCUT2D eigenvalue weighted by Crippen LogP contribution is 2.34. The van der Waals surface area contributed by atoms with E-state index >= 15 is 0 Å². The largest absolute Gasteiger partial charge is 0.487 e. The zero-order valence-electron chi connectivity index (χ0n) is 33.2. The van der Waals surface area contributed by atoms with Gasteiger partial charge in [0.15, 0.2) is 6.10 Å². The van der Waals surface area contributed by atoms with Crippen molar-refractivity contribution in [3.8, 4) is 17.6 Å². The fourth-order valence-electron chi connectivity index (χ4n) is 6.44. The minimum Gasteiger partial charge on any atom is -0.487 e. The lowest BCUT2D eigenvalue weighted by atomic mass is 10.0. The Balaban J connectivity index is 1.06. The van der Waals surface area contributed by atoms with Gasteiger partial charge in [0.25, 0.3) is 5.91 Å². The van der Waals surface area contributed by atoms with Crippen molar-refractivity contribution < 1.29 is 39.3 Å². The summed E-state index contributed by atoms with van der Waals surface area (Å²) in [5.74, 6) is 6.53. The number of hydrogen-bond acceptors (Lipinski definition) is 10. The van der Waals surface area contributed by atoms with Crippen LogP contribution in [0.5, 0.6) is 5.75 Å². The Morgan fingerprint density at radius 2 is 1.15 bits per heavy atom. The molecule has 0 fully saturated rings. The fourth-order valence-corrected chi connectivity index (χ4v) is 6.44. The first-order valence-electron chi connectivity index (χ1n) is 19.7. The highest BCUT2D eigenvalue weighted by atomic mass is 16.7. The third-order valence-electron chi connectivity index (χ3n) is 9.71. The first-order valence-corrected chi connectivity index (χ1v) is 19.7. The molecule has 3 atom stereocenters. The lowest BCUT2D eigenvalue weighted by molar-refractivity contribution is -0.146. The Morgan fingerprint density at radius 3 is 1.62 bits per heavy atom. The molecule has 7 rings (SSSR count). The maximum atomic E-state index is 12.7. The van der Waals surface area contributed by atoms with Crippen molar-refractivity contribution in [2.75, 3.05) is 6.61 Å². The van der Waals surface area contributed by atoms with Gasteiger partial charge in [-0.1, -0.05) is 133 Å². The molecule has 6 aromatic rings. The van der Waals surface area contributed by atoms with E-state index in [0.29, 0.717) is 22.6 Å².